The van der Waals surface area contributed by atoms with Crippen molar-refractivity contribution in [2.75, 3.05) is 26.7 Å². The lowest BCUT2D eigenvalue weighted by atomic mass is 10.3. The van der Waals surface area contributed by atoms with E-state index in [-0.39, 0.29) is 18.5 Å². The first kappa shape index (κ1) is 15.3. The normalized spacial score (nSPS) is 15.3. The maximum absolute atomic E-state index is 11.4. The van der Waals surface area contributed by atoms with Gasteiger partial charge in [-0.15, -0.1) is 11.3 Å². The number of thiophene rings is 1. The number of urea groups is 1. The van der Waals surface area contributed by atoms with E-state index in [2.05, 4.69) is 39.3 Å². The van der Waals surface area contributed by atoms with Gasteiger partial charge in [0.1, 0.15) is 0 Å². The first-order valence-electron chi connectivity index (χ1n) is 6.67. The minimum absolute atomic E-state index is 0.0868. The lowest BCUT2D eigenvalue weighted by Crippen LogP contribution is -2.42. The predicted molar refractivity (Wildman–Crippen MR) is 82.4 cm³/mol. The number of aryl methyl sites for hydroxylation is 1. The second-order valence-corrected chi connectivity index (χ2v) is 5.58. The number of hydrogen-bond acceptors (Lipinski definition) is 4. The molecule has 0 unspecified atom stereocenters. The van der Waals surface area contributed by atoms with Gasteiger partial charge in [-0.2, -0.15) is 0 Å². The Morgan fingerprint density at radius 1 is 1.48 bits per heavy atom. The summed E-state index contributed by atoms with van der Waals surface area (Å²) < 4.78 is 0. The molecule has 0 radical (unpaired) electrons. The highest BCUT2D eigenvalue weighted by molar-refractivity contribution is 7.10. The van der Waals surface area contributed by atoms with Gasteiger partial charge in [-0.1, -0.05) is 0 Å². The van der Waals surface area contributed by atoms with Crippen molar-refractivity contribution in [2.45, 2.75) is 13.5 Å². The SMILES string of the molecule is CN=C(NCCN1C(=O)CNC1=O)NCc1sccc1C. The van der Waals surface area contributed by atoms with E-state index in [1.165, 1.54) is 15.3 Å². The third kappa shape index (κ3) is 3.94. The minimum atomic E-state index is -0.334. The summed E-state index contributed by atoms with van der Waals surface area (Å²) in [7, 11) is 1.68. The summed E-state index contributed by atoms with van der Waals surface area (Å²) in [6.45, 7) is 3.64. The first-order valence-corrected chi connectivity index (χ1v) is 7.55. The van der Waals surface area contributed by atoms with Crippen LogP contribution in [0, 0.1) is 6.92 Å². The number of carbonyl (C=O) groups excluding carboxylic acids is 2. The number of hydrogen-bond donors (Lipinski definition) is 3. The number of rotatable bonds is 5. The van der Waals surface area contributed by atoms with Crippen LogP contribution in [0.4, 0.5) is 4.79 Å². The van der Waals surface area contributed by atoms with Gasteiger partial charge in [0.15, 0.2) is 5.96 Å². The quantitative estimate of drug-likeness (QED) is 0.414. The summed E-state index contributed by atoms with van der Waals surface area (Å²) in [5, 5.41) is 10.8. The minimum Gasteiger partial charge on any atom is -0.355 e. The molecule has 1 fully saturated rings. The molecule has 0 aromatic carbocycles. The molecule has 1 aliphatic rings. The van der Waals surface area contributed by atoms with Gasteiger partial charge < -0.3 is 16.0 Å². The van der Waals surface area contributed by atoms with Crippen LogP contribution in [0.15, 0.2) is 16.4 Å². The van der Waals surface area contributed by atoms with E-state index in [0.717, 1.165) is 0 Å². The van der Waals surface area contributed by atoms with E-state index in [1.54, 1.807) is 18.4 Å². The Bertz CT molecular complexity index is 539. The first-order chi connectivity index (χ1) is 10.1. The van der Waals surface area contributed by atoms with Crippen molar-refractivity contribution in [2.24, 2.45) is 4.99 Å². The summed E-state index contributed by atoms with van der Waals surface area (Å²) in [4.78, 5) is 29.4. The standard InChI is InChI=1S/C13H19N5O2S/c1-9-3-6-21-10(9)7-16-12(14-2)15-4-5-18-11(19)8-17-13(18)20/h3,6H,4-5,7-8H2,1-2H3,(H,17,20)(H2,14,15,16). The third-order valence-corrected chi connectivity index (χ3v) is 4.20. The predicted octanol–water partition coefficient (Wildman–Crippen LogP) is 0.273. The lowest BCUT2D eigenvalue weighted by Gasteiger charge is -2.15. The number of nitrogens with zero attached hydrogens (tertiary/aromatic N) is 2. The van der Waals surface area contributed by atoms with E-state index in [4.69, 9.17) is 0 Å². The van der Waals surface area contributed by atoms with Gasteiger partial charge in [0.05, 0.1) is 13.1 Å². The van der Waals surface area contributed by atoms with Gasteiger partial charge in [0, 0.05) is 25.0 Å². The molecular formula is C13H19N5O2S. The zero-order chi connectivity index (χ0) is 15.2. The van der Waals surface area contributed by atoms with Gasteiger partial charge in [-0.05, 0) is 23.9 Å². The number of amides is 3. The molecule has 7 nitrogen and oxygen atoms in total. The average Bonchev–Trinajstić information content (AvgIpc) is 3.02. The van der Waals surface area contributed by atoms with Crippen LogP contribution < -0.4 is 16.0 Å². The van der Waals surface area contributed by atoms with Gasteiger partial charge in [0.25, 0.3) is 0 Å². The maximum atomic E-state index is 11.4. The monoisotopic (exact) mass is 309 g/mol. The van der Waals surface area contributed by atoms with E-state index >= 15 is 0 Å². The lowest BCUT2D eigenvalue weighted by molar-refractivity contribution is -0.124. The molecule has 0 saturated carbocycles. The molecule has 0 spiro atoms. The molecule has 1 aliphatic heterocycles. The fraction of sp³-hybridized carbons (Fsp3) is 0.462. The van der Waals surface area contributed by atoms with Crippen molar-refractivity contribution >= 4 is 29.2 Å². The Labute approximate surface area is 127 Å². The highest BCUT2D eigenvalue weighted by atomic mass is 32.1. The average molecular weight is 309 g/mol. The van der Waals surface area contributed by atoms with Crippen LogP contribution in [0.2, 0.25) is 0 Å². The molecule has 114 valence electrons. The summed E-state index contributed by atoms with van der Waals surface area (Å²) in [5.41, 5.74) is 1.25. The second-order valence-electron chi connectivity index (χ2n) is 4.58. The molecular weight excluding hydrogens is 290 g/mol. The Hall–Kier alpha value is -2.09. The van der Waals surface area contributed by atoms with Crippen LogP contribution in [0.25, 0.3) is 0 Å². The summed E-state index contributed by atoms with van der Waals surface area (Å²) in [6.07, 6.45) is 0. The van der Waals surface area contributed by atoms with Crippen molar-refractivity contribution in [1.29, 1.82) is 0 Å². The molecule has 3 amide bonds. The number of nitrogens with one attached hydrogen (secondary N) is 3. The van der Waals surface area contributed by atoms with Crippen molar-refractivity contribution in [3.05, 3.63) is 21.9 Å². The summed E-state index contributed by atoms with van der Waals surface area (Å²) >= 11 is 1.70. The molecule has 0 aliphatic carbocycles. The Kier molecular flexibility index (Phi) is 5.15. The van der Waals surface area contributed by atoms with Crippen LogP contribution in [0.5, 0.6) is 0 Å². The third-order valence-electron chi connectivity index (χ3n) is 3.17. The summed E-state index contributed by atoms with van der Waals surface area (Å²) in [6, 6.07) is 1.74. The number of imide groups is 1. The molecule has 8 heteroatoms. The molecule has 21 heavy (non-hydrogen) atoms. The van der Waals surface area contributed by atoms with E-state index in [9.17, 15) is 9.59 Å². The largest absolute Gasteiger partial charge is 0.355 e. The van der Waals surface area contributed by atoms with Crippen LogP contribution in [-0.2, 0) is 11.3 Å². The van der Waals surface area contributed by atoms with E-state index in [0.29, 0.717) is 25.6 Å². The van der Waals surface area contributed by atoms with Crippen LogP contribution in [-0.4, -0.2) is 49.5 Å². The number of guanidine groups is 1. The van der Waals surface area contributed by atoms with Gasteiger partial charge in [0.2, 0.25) is 5.91 Å². The second kappa shape index (κ2) is 7.07. The smallest absolute Gasteiger partial charge is 0.324 e. The Morgan fingerprint density at radius 2 is 2.29 bits per heavy atom. The molecule has 1 aromatic heterocycles. The Morgan fingerprint density at radius 3 is 2.86 bits per heavy atom. The number of carbonyl (C=O) groups is 2. The maximum Gasteiger partial charge on any atom is 0.324 e. The fourth-order valence-electron chi connectivity index (χ4n) is 1.94. The van der Waals surface area contributed by atoms with E-state index in [1.807, 2.05) is 0 Å². The van der Waals surface area contributed by atoms with Crippen molar-refractivity contribution in [3.63, 3.8) is 0 Å². The molecule has 3 N–H and O–H groups in total. The number of aliphatic imine (C=N–C) groups is 1. The van der Waals surface area contributed by atoms with Crippen LogP contribution in [0.3, 0.4) is 0 Å². The highest BCUT2D eigenvalue weighted by Gasteiger charge is 2.27. The highest BCUT2D eigenvalue weighted by Crippen LogP contribution is 2.14. The Balaban J connectivity index is 1.74. The van der Waals surface area contributed by atoms with Crippen LogP contribution in [0.1, 0.15) is 10.4 Å². The molecule has 2 heterocycles. The van der Waals surface area contributed by atoms with Crippen molar-refractivity contribution in [1.82, 2.24) is 20.9 Å². The molecule has 0 atom stereocenters. The zero-order valence-corrected chi connectivity index (χ0v) is 12.9. The molecule has 2 rings (SSSR count). The van der Waals surface area contributed by atoms with Gasteiger partial charge >= 0.3 is 6.03 Å². The van der Waals surface area contributed by atoms with Crippen LogP contribution >= 0.6 is 11.3 Å². The van der Waals surface area contributed by atoms with E-state index < -0.39 is 0 Å². The molecule has 0 bridgehead atoms. The molecule has 1 saturated heterocycles. The van der Waals surface area contributed by atoms with Gasteiger partial charge in [-0.25, -0.2) is 4.79 Å². The van der Waals surface area contributed by atoms with Gasteiger partial charge in [-0.3, -0.25) is 14.7 Å². The summed E-state index contributed by atoms with van der Waals surface area (Å²) in [5.74, 6) is 0.453. The topological polar surface area (TPSA) is 85.8 Å². The molecule has 1 aromatic rings. The fourth-order valence-corrected chi connectivity index (χ4v) is 2.78. The van der Waals surface area contributed by atoms with Crippen molar-refractivity contribution in [3.8, 4) is 0 Å². The van der Waals surface area contributed by atoms with Crippen molar-refractivity contribution < 1.29 is 9.59 Å². The zero-order valence-electron chi connectivity index (χ0n) is 12.1.